The van der Waals surface area contributed by atoms with Gasteiger partial charge in [-0.1, -0.05) is 36.0 Å². The van der Waals surface area contributed by atoms with Crippen LogP contribution in [0.1, 0.15) is 11.8 Å². The molecule has 7 nitrogen and oxygen atoms in total. The van der Waals surface area contributed by atoms with Crippen LogP contribution in [0, 0.1) is 0 Å². The highest BCUT2D eigenvalue weighted by atomic mass is 32.2. The fourth-order valence-electron chi connectivity index (χ4n) is 2.95. The maximum Gasteiger partial charge on any atom is 0.250 e. The van der Waals surface area contributed by atoms with Crippen LogP contribution in [0.2, 0.25) is 0 Å². The zero-order valence-electron chi connectivity index (χ0n) is 17.6. The molecule has 0 aliphatic heterocycles. The molecule has 0 aliphatic rings. The van der Waals surface area contributed by atoms with Crippen LogP contribution in [0.25, 0.3) is 17.1 Å². The Labute approximate surface area is 194 Å². The number of nitrogens with one attached hydrogen (secondary N) is 1. The van der Waals surface area contributed by atoms with Crippen molar-refractivity contribution in [3.8, 4) is 22.8 Å². The van der Waals surface area contributed by atoms with Gasteiger partial charge >= 0.3 is 0 Å². The van der Waals surface area contributed by atoms with E-state index in [-0.39, 0.29) is 11.7 Å². The van der Waals surface area contributed by atoms with Crippen molar-refractivity contribution in [1.29, 1.82) is 0 Å². The standard InChI is InChI=1S/C23H21N5O2S2/c1-16(20-9-6-14-31-20)24-25-21(29)15-32-23-27-26-22(17-10-12-19(30-2)13-11-17)28(23)18-7-4-3-5-8-18/h3-14H,15H2,1-2H3,(H,25,29)/b24-16-. The summed E-state index contributed by atoms with van der Waals surface area (Å²) in [6.45, 7) is 1.87. The topological polar surface area (TPSA) is 81.4 Å². The summed E-state index contributed by atoms with van der Waals surface area (Å²) in [7, 11) is 1.63. The minimum absolute atomic E-state index is 0.162. The third-order valence-corrected chi connectivity index (χ3v) is 6.46. The molecule has 0 aliphatic carbocycles. The van der Waals surface area contributed by atoms with Crippen molar-refractivity contribution in [2.45, 2.75) is 12.1 Å². The van der Waals surface area contributed by atoms with Crippen LogP contribution in [0.15, 0.2) is 82.4 Å². The van der Waals surface area contributed by atoms with Gasteiger partial charge in [-0.05, 0) is 54.8 Å². The number of hydrogen-bond donors (Lipinski definition) is 1. The van der Waals surface area contributed by atoms with Crippen LogP contribution in [-0.4, -0.2) is 39.2 Å². The molecule has 1 amide bonds. The molecule has 0 saturated carbocycles. The summed E-state index contributed by atoms with van der Waals surface area (Å²) in [5.41, 5.74) is 5.20. The second kappa shape index (κ2) is 10.3. The number of carbonyl (C=O) groups excluding carboxylic acids is 1. The van der Waals surface area contributed by atoms with Crippen molar-refractivity contribution in [1.82, 2.24) is 20.2 Å². The second-order valence-corrected chi connectivity index (χ2v) is 8.59. The first-order valence-electron chi connectivity index (χ1n) is 9.81. The van der Waals surface area contributed by atoms with E-state index in [0.29, 0.717) is 11.0 Å². The molecular weight excluding hydrogens is 442 g/mol. The first kappa shape index (κ1) is 21.8. The normalized spacial score (nSPS) is 11.4. The predicted molar refractivity (Wildman–Crippen MR) is 129 cm³/mol. The quantitative estimate of drug-likeness (QED) is 0.234. The van der Waals surface area contributed by atoms with E-state index in [1.54, 1.807) is 18.4 Å². The lowest BCUT2D eigenvalue weighted by Crippen LogP contribution is -2.21. The number of methoxy groups -OCH3 is 1. The lowest BCUT2D eigenvalue weighted by molar-refractivity contribution is -0.118. The molecule has 2 heterocycles. The Hall–Kier alpha value is -3.43. The van der Waals surface area contributed by atoms with E-state index in [1.807, 2.05) is 83.6 Å². The number of rotatable bonds is 8. The number of para-hydroxylation sites is 1. The first-order valence-corrected chi connectivity index (χ1v) is 11.7. The van der Waals surface area contributed by atoms with E-state index in [4.69, 9.17) is 4.74 Å². The van der Waals surface area contributed by atoms with Crippen LogP contribution in [0.5, 0.6) is 5.75 Å². The number of aromatic nitrogens is 3. The summed E-state index contributed by atoms with van der Waals surface area (Å²) in [5.74, 6) is 1.41. The Morgan fingerprint density at radius 1 is 1.09 bits per heavy atom. The number of nitrogens with zero attached hydrogens (tertiary/aromatic N) is 4. The molecular formula is C23H21N5O2S2. The number of hydrazone groups is 1. The fraction of sp³-hybridized carbons (Fsp3) is 0.130. The molecule has 2 aromatic carbocycles. The minimum atomic E-state index is -0.209. The zero-order chi connectivity index (χ0) is 22.3. The largest absolute Gasteiger partial charge is 0.497 e. The molecule has 4 aromatic rings. The van der Waals surface area contributed by atoms with Crippen LogP contribution in [0.4, 0.5) is 0 Å². The Morgan fingerprint density at radius 3 is 2.56 bits per heavy atom. The van der Waals surface area contributed by atoms with Gasteiger partial charge in [0.15, 0.2) is 11.0 Å². The van der Waals surface area contributed by atoms with Crippen molar-refractivity contribution >= 4 is 34.7 Å². The molecule has 0 fully saturated rings. The molecule has 162 valence electrons. The molecule has 2 aromatic heterocycles. The van der Waals surface area contributed by atoms with Gasteiger partial charge in [0.25, 0.3) is 5.91 Å². The van der Waals surface area contributed by atoms with Gasteiger partial charge in [-0.3, -0.25) is 9.36 Å². The number of thioether (sulfide) groups is 1. The lowest BCUT2D eigenvalue weighted by Gasteiger charge is -2.10. The van der Waals surface area contributed by atoms with Crippen LogP contribution in [0.3, 0.4) is 0 Å². The fourth-order valence-corrected chi connectivity index (χ4v) is 4.37. The van der Waals surface area contributed by atoms with Gasteiger partial charge in [-0.15, -0.1) is 21.5 Å². The smallest absolute Gasteiger partial charge is 0.250 e. The highest BCUT2D eigenvalue weighted by Crippen LogP contribution is 2.28. The summed E-state index contributed by atoms with van der Waals surface area (Å²) in [6, 6.07) is 21.4. The van der Waals surface area contributed by atoms with Gasteiger partial charge in [-0.2, -0.15) is 5.10 Å². The van der Waals surface area contributed by atoms with E-state index in [9.17, 15) is 4.79 Å². The summed E-state index contributed by atoms with van der Waals surface area (Å²) >= 11 is 2.89. The van der Waals surface area contributed by atoms with Crippen LogP contribution >= 0.6 is 23.1 Å². The number of ether oxygens (including phenoxy) is 1. The van der Waals surface area contributed by atoms with Crippen LogP contribution < -0.4 is 10.2 Å². The highest BCUT2D eigenvalue weighted by Gasteiger charge is 2.17. The number of benzene rings is 2. The van der Waals surface area contributed by atoms with Gasteiger partial charge in [-0.25, -0.2) is 5.43 Å². The average molecular weight is 464 g/mol. The number of hydrogen-bond acceptors (Lipinski definition) is 7. The number of thiophene rings is 1. The third kappa shape index (κ3) is 5.06. The van der Waals surface area contributed by atoms with Gasteiger partial charge in [0.05, 0.1) is 18.6 Å². The molecule has 0 spiro atoms. The first-order chi connectivity index (χ1) is 15.7. The highest BCUT2D eigenvalue weighted by molar-refractivity contribution is 7.99. The predicted octanol–water partition coefficient (Wildman–Crippen LogP) is 4.64. The van der Waals surface area contributed by atoms with Gasteiger partial charge < -0.3 is 4.74 Å². The van der Waals surface area contributed by atoms with Crippen LogP contribution in [-0.2, 0) is 4.79 Å². The van der Waals surface area contributed by atoms with Crippen molar-refractivity contribution in [3.05, 3.63) is 77.0 Å². The van der Waals surface area contributed by atoms with E-state index >= 15 is 0 Å². The molecule has 32 heavy (non-hydrogen) atoms. The van der Waals surface area contributed by atoms with E-state index in [2.05, 4.69) is 20.7 Å². The Morgan fingerprint density at radius 2 is 1.88 bits per heavy atom. The molecule has 1 N–H and O–H groups in total. The maximum absolute atomic E-state index is 12.4. The van der Waals surface area contributed by atoms with Crippen molar-refractivity contribution in [3.63, 3.8) is 0 Å². The SMILES string of the molecule is COc1ccc(-c2nnc(SCC(=O)N/N=C(/C)c3cccs3)n2-c2ccccc2)cc1. The van der Waals surface area contributed by atoms with Crippen molar-refractivity contribution in [2.24, 2.45) is 5.10 Å². The van der Waals surface area contributed by atoms with E-state index in [1.165, 1.54) is 11.8 Å². The molecule has 0 saturated heterocycles. The molecule has 0 bridgehead atoms. The Bertz CT molecular complexity index is 1200. The zero-order valence-corrected chi connectivity index (χ0v) is 19.2. The number of carbonyl (C=O) groups is 1. The molecule has 0 atom stereocenters. The Kier molecular flexibility index (Phi) is 6.98. The maximum atomic E-state index is 12.4. The second-order valence-electron chi connectivity index (χ2n) is 6.70. The monoisotopic (exact) mass is 463 g/mol. The molecule has 9 heteroatoms. The molecule has 0 unspecified atom stereocenters. The molecule has 4 rings (SSSR count). The lowest BCUT2D eigenvalue weighted by atomic mass is 10.2. The van der Waals surface area contributed by atoms with E-state index < -0.39 is 0 Å². The van der Waals surface area contributed by atoms with E-state index in [0.717, 1.165) is 27.6 Å². The summed E-state index contributed by atoms with van der Waals surface area (Å²) < 4.78 is 7.20. The van der Waals surface area contributed by atoms with Gasteiger partial charge in [0, 0.05) is 16.1 Å². The third-order valence-electron chi connectivity index (χ3n) is 4.55. The average Bonchev–Trinajstić information content (AvgIpc) is 3.52. The Balaban J connectivity index is 1.54. The summed E-state index contributed by atoms with van der Waals surface area (Å²) in [6.07, 6.45) is 0. The summed E-state index contributed by atoms with van der Waals surface area (Å²) in [4.78, 5) is 13.4. The van der Waals surface area contributed by atoms with Gasteiger partial charge in [0.2, 0.25) is 0 Å². The minimum Gasteiger partial charge on any atom is -0.497 e. The summed E-state index contributed by atoms with van der Waals surface area (Å²) in [5, 5.41) is 15.5. The molecule has 0 radical (unpaired) electrons. The van der Waals surface area contributed by atoms with Gasteiger partial charge in [0.1, 0.15) is 5.75 Å². The number of amides is 1. The van der Waals surface area contributed by atoms with Crippen molar-refractivity contribution < 1.29 is 9.53 Å². The van der Waals surface area contributed by atoms with Crippen molar-refractivity contribution in [2.75, 3.05) is 12.9 Å².